The Hall–Kier alpha value is -3.64. The quantitative estimate of drug-likeness (QED) is 0.470. The Morgan fingerprint density at radius 3 is 2.58 bits per heavy atom. The summed E-state index contributed by atoms with van der Waals surface area (Å²) >= 11 is 1.65. The number of carbonyl (C=O) groups excluding carboxylic acids is 2. The zero-order chi connectivity index (χ0) is 21.2. The van der Waals surface area contributed by atoms with E-state index >= 15 is 0 Å². The Balaban J connectivity index is 1.29. The number of anilines is 1. The number of nitrogens with one attached hydrogen (secondary N) is 1. The Kier molecular flexibility index (Phi) is 5.14. The van der Waals surface area contributed by atoms with Crippen molar-refractivity contribution in [1.29, 1.82) is 0 Å². The van der Waals surface area contributed by atoms with Crippen LogP contribution in [0.1, 0.15) is 32.0 Å². The van der Waals surface area contributed by atoms with Gasteiger partial charge in [-0.25, -0.2) is 0 Å². The molecule has 2 aromatic heterocycles. The lowest BCUT2D eigenvalue weighted by molar-refractivity contribution is 0.0702. The van der Waals surface area contributed by atoms with Gasteiger partial charge in [0.2, 0.25) is 0 Å². The summed E-state index contributed by atoms with van der Waals surface area (Å²) in [5.74, 6) is 0.0748. The van der Waals surface area contributed by atoms with Crippen LogP contribution in [0.2, 0.25) is 0 Å². The van der Waals surface area contributed by atoms with E-state index in [0.29, 0.717) is 24.4 Å². The summed E-state index contributed by atoms with van der Waals surface area (Å²) in [7, 11) is 0. The lowest BCUT2D eigenvalue weighted by atomic mass is 9.98. The van der Waals surface area contributed by atoms with Crippen molar-refractivity contribution in [1.82, 2.24) is 4.90 Å². The molecule has 0 atom stereocenters. The molecule has 0 radical (unpaired) electrons. The van der Waals surface area contributed by atoms with E-state index in [1.807, 2.05) is 47.8 Å². The Morgan fingerprint density at radius 2 is 1.84 bits per heavy atom. The third-order valence-corrected chi connectivity index (χ3v) is 6.18. The maximum atomic E-state index is 12.7. The van der Waals surface area contributed by atoms with Crippen LogP contribution >= 0.6 is 11.3 Å². The van der Waals surface area contributed by atoms with Crippen LogP contribution in [0.4, 0.5) is 5.69 Å². The minimum atomic E-state index is -0.156. The highest BCUT2D eigenvalue weighted by Gasteiger charge is 2.23. The van der Waals surface area contributed by atoms with E-state index in [0.717, 1.165) is 28.8 Å². The lowest BCUT2D eigenvalue weighted by Gasteiger charge is -2.28. The number of fused-ring (bicyclic) bond motifs is 1. The summed E-state index contributed by atoms with van der Waals surface area (Å²) < 4.78 is 5.25. The van der Waals surface area contributed by atoms with Gasteiger partial charge in [0, 0.05) is 24.3 Å². The highest BCUT2D eigenvalue weighted by atomic mass is 32.1. The second-order valence-electron chi connectivity index (χ2n) is 7.48. The fourth-order valence-corrected chi connectivity index (χ4v) is 4.48. The summed E-state index contributed by atoms with van der Waals surface area (Å²) in [5, 5.41) is 7.10. The van der Waals surface area contributed by atoms with Gasteiger partial charge in [-0.1, -0.05) is 18.2 Å². The van der Waals surface area contributed by atoms with Crippen molar-refractivity contribution in [3.63, 3.8) is 0 Å². The van der Waals surface area contributed by atoms with Gasteiger partial charge < -0.3 is 14.6 Å². The molecule has 2 aromatic carbocycles. The SMILES string of the molecule is O=C(Nc1ccc2c(c1)CN(C(=O)c1ccco1)CC2)c1ccc(-c2ccsc2)cc1. The molecule has 1 N–H and O–H groups in total. The van der Waals surface area contributed by atoms with Gasteiger partial charge >= 0.3 is 0 Å². The van der Waals surface area contributed by atoms with E-state index in [9.17, 15) is 9.59 Å². The van der Waals surface area contributed by atoms with E-state index < -0.39 is 0 Å². The molecule has 3 heterocycles. The predicted molar refractivity (Wildman–Crippen MR) is 121 cm³/mol. The van der Waals surface area contributed by atoms with Crippen molar-refractivity contribution >= 4 is 28.8 Å². The molecule has 4 aromatic rings. The molecule has 154 valence electrons. The van der Waals surface area contributed by atoms with Gasteiger partial charge in [0.15, 0.2) is 5.76 Å². The molecule has 2 amide bonds. The number of thiophene rings is 1. The summed E-state index contributed by atoms with van der Waals surface area (Å²) in [5.41, 5.74) is 5.80. The molecule has 0 saturated carbocycles. The maximum absolute atomic E-state index is 12.7. The largest absolute Gasteiger partial charge is 0.459 e. The van der Waals surface area contributed by atoms with Crippen LogP contribution in [0.3, 0.4) is 0 Å². The average molecular weight is 429 g/mol. The van der Waals surface area contributed by atoms with Gasteiger partial charge in [0.25, 0.3) is 11.8 Å². The molecule has 1 aliphatic rings. The molecule has 6 heteroatoms. The molecule has 5 nitrogen and oxygen atoms in total. The van der Waals surface area contributed by atoms with Gasteiger partial charge in [-0.05, 0) is 81.9 Å². The predicted octanol–water partition coefficient (Wildman–Crippen LogP) is 5.46. The normalized spacial score (nSPS) is 13.0. The van der Waals surface area contributed by atoms with E-state index in [4.69, 9.17) is 4.42 Å². The van der Waals surface area contributed by atoms with Crippen LogP contribution < -0.4 is 5.32 Å². The lowest BCUT2D eigenvalue weighted by Crippen LogP contribution is -2.35. The smallest absolute Gasteiger partial charge is 0.289 e. The first-order chi connectivity index (χ1) is 15.2. The third-order valence-electron chi connectivity index (χ3n) is 5.50. The van der Waals surface area contributed by atoms with E-state index in [1.165, 1.54) is 11.8 Å². The number of benzene rings is 2. The maximum Gasteiger partial charge on any atom is 0.289 e. The molecule has 0 fully saturated rings. The minimum Gasteiger partial charge on any atom is -0.459 e. The summed E-state index contributed by atoms with van der Waals surface area (Å²) in [6, 6.07) is 18.9. The van der Waals surface area contributed by atoms with Crippen molar-refractivity contribution in [2.45, 2.75) is 13.0 Å². The molecule has 0 saturated heterocycles. The second kappa shape index (κ2) is 8.24. The molecule has 0 aliphatic carbocycles. The Labute approximate surface area is 183 Å². The van der Waals surface area contributed by atoms with E-state index in [2.05, 4.69) is 16.8 Å². The number of hydrogen-bond acceptors (Lipinski definition) is 4. The number of nitrogens with zero attached hydrogens (tertiary/aromatic N) is 1. The number of rotatable bonds is 4. The third kappa shape index (κ3) is 4.02. The zero-order valence-electron chi connectivity index (χ0n) is 16.7. The molecule has 0 unspecified atom stereocenters. The fraction of sp³-hybridized carbons (Fsp3) is 0.120. The average Bonchev–Trinajstić information content (AvgIpc) is 3.53. The van der Waals surface area contributed by atoms with Crippen LogP contribution in [0.5, 0.6) is 0 Å². The first-order valence-corrected chi connectivity index (χ1v) is 11.0. The molecular formula is C25H20N2O3S. The number of amides is 2. The summed E-state index contributed by atoms with van der Waals surface area (Å²) in [4.78, 5) is 27.1. The van der Waals surface area contributed by atoms with Gasteiger partial charge in [-0.3, -0.25) is 9.59 Å². The van der Waals surface area contributed by atoms with Gasteiger partial charge in [0.1, 0.15) is 0 Å². The van der Waals surface area contributed by atoms with Crippen LogP contribution in [-0.2, 0) is 13.0 Å². The Bertz CT molecular complexity index is 1210. The van der Waals surface area contributed by atoms with Crippen LogP contribution in [-0.4, -0.2) is 23.3 Å². The van der Waals surface area contributed by atoms with E-state index in [-0.39, 0.29) is 11.8 Å². The van der Waals surface area contributed by atoms with Gasteiger partial charge in [-0.2, -0.15) is 11.3 Å². The molecule has 0 bridgehead atoms. The van der Waals surface area contributed by atoms with Crippen molar-refractivity contribution in [2.75, 3.05) is 11.9 Å². The van der Waals surface area contributed by atoms with Crippen LogP contribution in [0, 0.1) is 0 Å². The van der Waals surface area contributed by atoms with Crippen LogP contribution in [0.25, 0.3) is 11.1 Å². The number of carbonyl (C=O) groups is 2. The standard InChI is InChI=1S/C25H20N2O3S/c28-24(19-5-3-17(4-6-19)20-10-13-31-16-20)26-22-8-7-18-9-11-27(15-21(18)14-22)25(29)23-2-1-12-30-23/h1-8,10,12-14,16H,9,11,15H2,(H,26,28). The van der Waals surface area contributed by atoms with Gasteiger partial charge in [-0.15, -0.1) is 0 Å². The van der Waals surface area contributed by atoms with Crippen molar-refractivity contribution in [3.8, 4) is 11.1 Å². The van der Waals surface area contributed by atoms with Crippen molar-refractivity contribution in [2.24, 2.45) is 0 Å². The Morgan fingerprint density at radius 1 is 0.968 bits per heavy atom. The molecule has 5 rings (SSSR count). The summed E-state index contributed by atoms with van der Waals surface area (Å²) in [6.45, 7) is 1.14. The monoisotopic (exact) mass is 428 g/mol. The highest BCUT2D eigenvalue weighted by molar-refractivity contribution is 7.08. The topological polar surface area (TPSA) is 62.6 Å². The van der Waals surface area contributed by atoms with Gasteiger partial charge in [0.05, 0.1) is 6.26 Å². The van der Waals surface area contributed by atoms with E-state index in [1.54, 1.807) is 28.4 Å². The first kappa shape index (κ1) is 19.3. The number of furan rings is 1. The highest BCUT2D eigenvalue weighted by Crippen LogP contribution is 2.25. The molecule has 1 aliphatic heterocycles. The molecule has 31 heavy (non-hydrogen) atoms. The second-order valence-corrected chi connectivity index (χ2v) is 8.26. The zero-order valence-corrected chi connectivity index (χ0v) is 17.5. The first-order valence-electron chi connectivity index (χ1n) is 10.1. The van der Waals surface area contributed by atoms with Crippen LogP contribution in [0.15, 0.2) is 82.1 Å². The number of hydrogen-bond donors (Lipinski definition) is 1. The fourth-order valence-electron chi connectivity index (χ4n) is 3.81. The molecule has 0 spiro atoms. The summed E-state index contributed by atoms with van der Waals surface area (Å²) in [6.07, 6.45) is 2.28. The van der Waals surface area contributed by atoms with Crippen molar-refractivity contribution < 1.29 is 14.0 Å². The minimum absolute atomic E-state index is 0.115. The van der Waals surface area contributed by atoms with Crippen molar-refractivity contribution in [3.05, 3.63) is 100 Å². The molecular weight excluding hydrogens is 408 g/mol.